The Kier molecular flexibility index (Phi) is 5.20. The van der Waals surface area contributed by atoms with Crippen molar-refractivity contribution in [2.75, 3.05) is 19.6 Å². The molecule has 196 valence electrons. The third kappa shape index (κ3) is 3.52. The normalized spacial score (nSPS) is 19.3. The van der Waals surface area contributed by atoms with Gasteiger partial charge in [-0.05, 0) is 23.6 Å². The summed E-state index contributed by atoms with van der Waals surface area (Å²) < 4.78 is 23.3. The minimum atomic E-state index is -0.875. The van der Waals surface area contributed by atoms with Crippen molar-refractivity contribution in [2.24, 2.45) is 0 Å². The van der Waals surface area contributed by atoms with Crippen molar-refractivity contribution in [1.82, 2.24) is 29.6 Å². The quantitative estimate of drug-likeness (QED) is 0.363. The highest BCUT2D eigenvalue weighted by Gasteiger charge is 2.57. The number of imidazole rings is 1. The van der Waals surface area contributed by atoms with Crippen LogP contribution in [0.4, 0.5) is 4.39 Å². The van der Waals surface area contributed by atoms with Gasteiger partial charge in [0.2, 0.25) is 17.2 Å². The van der Waals surface area contributed by atoms with Crippen LogP contribution in [-0.4, -0.2) is 61.1 Å². The zero-order chi connectivity index (χ0) is 27.1. The smallest absolute Gasteiger partial charge is 0.313 e. The summed E-state index contributed by atoms with van der Waals surface area (Å²) in [5.41, 5.74) is 1.99. The van der Waals surface area contributed by atoms with E-state index in [9.17, 15) is 14.0 Å². The molecule has 0 saturated carbocycles. The predicted octanol–water partition coefficient (Wildman–Crippen LogP) is 3.35. The standard InChI is InChI=1S/C26H26ClFN7O3/c1-14-29-30-21(38-14)24(37)32-8-9-33-23(36)20-12-34-22(35(20)26(33,5)13-32)16(25(2,3)4)11-19(31-34)15-6-7-17(27)18(28)10-15/h6-7,10-12H,8-9,13H2,1-5H3/q+1. The van der Waals surface area contributed by atoms with Gasteiger partial charge in [0.05, 0.1) is 17.1 Å². The predicted molar refractivity (Wildman–Crippen MR) is 134 cm³/mol. The van der Waals surface area contributed by atoms with Gasteiger partial charge in [0.1, 0.15) is 11.5 Å². The lowest BCUT2D eigenvalue weighted by molar-refractivity contribution is -0.749. The summed E-state index contributed by atoms with van der Waals surface area (Å²) in [5, 5.41) is 12.5. The molecule has 3 aromatic heterocycles. The van der Waals surface area contributed by atoms with E-state index in [1.54, 1.807) is 33.5 Å². The number of halogens is 2. The van der Waals surface area contributed by atoms with Gasteiger partial charge in [0.25, 0.3) is 0 Å². The topological polar surface area (TPSA) is 101 Å². The molecule has 1 aromatic carbocycles. The van der Waals surface area contributed by atoms with Crippen LogP contribution < -0.4 is 4.57 Å². The average Bonchev–Trinajstić information content (AvgIpc) is 3.52. The second-order valence-corrected chi connectivity index (χ2v) is 11.4. The fourth-order valence-electron chi connectivity index (χ4n) is 5.43. The summed E-state index contributed by atoms with van der Waals surface area (Å²) in [6, 6.07) is 6.49. The van der Waals surface area contributed by atoms with E-state index in [-0.39, 0.29) is 34.7 Å². The number of hydrogen-bond acceptors (Lipinski definition) is 6. The van der Waals surface area contributed by atoms with Crippen LogP contribution in [0.2, 0.25) is 5.02 Å². The summed E-state index contributed by atoms with van der Waals surface area (Å²) in [6.07, 6.45) is 1.71. The van der Waals surface area contributed by atoms with Gasteiger partial charge in [-0.25, -0.2) is 4.39 Å². The van der Waals surface area contributed by atoms with Crippen LogP contribution >= 0.6 is 11.6 Å². The molecular formula is C26H26ClFN7O3+. The summed E-state index contributed by atoms with van der Waals surface area (Å²) in [4.78, 5) is 30.2. The van der Waals surface area contributed by atoms with Crippen molar-refractivity contribution in [3.63, 3.8) is 0 Å². The number of aryl methyl sites for hydroxylation is 1. The molecule has 0 spiro atoms. The molecule has 4 aromatic rings. The zero-order valence-corrected chi connectivity index (χ0v) is 22.4. The molecule has 10 nitrogen and oxygen atoms in total. The first-order valence-corrected chi connectivity index (χ1v) is 12.6. The Labute approximate surface area is 222 Å². The SMILES string of the molecule is Cc1nnc(C(=O)N2CCN3C(=O)c4cn5nc(-c6ccc(Cl)c(F)c6)cc(C(C)(C)C)c5[n+]4C3(C)C2)o1. The van der Waals surface area contributed by atoms with Crippen LogP contribution in [0.1, 0.15) is 60.3 Å². The number of fused-ring (bicyclic) bond motifs is 5. The summed E-state index contributed by atoms with van der Waals surface area (Å²) in [6.45, 7) is 10.7. The number of carbonyl (C=O) groups excluding carboxylic acids is 2. The van der Waals surface area contributed by atoms with E-state index >= 15 is 0 Å². The van der Waals surface area contributed by atoms with E-state index in [1.165, 1.54) is 12.1 Å². The highest BCUT2D eigenvalue weighted by molar-refractivity contribution is 6.30. The van der Waals surface area contributed by atoms with Crippen LogP contribution in [0.25, 0.3) is 16.9 Å². The molecule has 1 unspecified atom stereocenters. The first-order chi connectivity index (χ1) is 17.9. The molecule has 0 radical (unpaired) electrons. The van der Waals surface area contributed by atoms with Gasteiger partial charge in [-0.15, -0.1) is 10.2 Å². The van der Waals surface area contributed by atoms with E-state index < -0.39 is 11.5 Å². The molecule has 0 aliphatic carbocycles. The van der Waals surface area contributed by atoms with Crippen LogP contribution in [0.3, 0.4) is 0 Å². The second kappa shape index (κ2) is 8.07. The molecule has 0 N–H and O–H groups in total. The lowest BCUT2D eigenvalue weighted by Gasteiger charge is -2.42. The number of nitrogens with zero attached hydrogens (tertiary/aromatic N) is 7. The van der Waals surface area contributed by atoms with Gasteiger partial charge in [-0.3, -0.25) is 14.5 Å². The lowest BCUT2D eigenvalue weighted by atomic mass is 9.87. The van der Waals surface area contributed by atoms with Gasteiger partial charge >= 0.3 is 23.4 Å². The molecule has 6 rings (SSSR count). The van der Waals surface area contributed by atoms with Crippen molar-refractivity contribution >= 4 is 29.1 Å². The maximum absolute atomic E-state index is 14.3. The monoisotopic (exact) mass is 538 g/mol. The van der Waals surface area contributed by atoms with Crippen LogP contribution in [0.5, 0.6) is 0 Å². The van der Waals surface area contributed by atoms with Gasteiger partial charge in [0.15, 0.2) is 6.20 Å². The second-order valence-electron chi connectivity index (χ2n) is 11.0. The number of aromatic nitrogens is 5. The molecule has 12 heteroatoms. The maximum atomic E-state index is 14.3. The maximum Gasteiger partial charge on any atom is 0.313 e. The van der Waals surface area contributed by atoms with E-state index in [2.05, 4.69) is 31.0 Å². The highest BCUT2D eigenvalue weighted by atomic mass is 35.5. The molecule has 1 fully saturated rings. The van der Waals surface area contributed by atoms with Crippen molar-refractivity contribution < 1.29 is 23.0 Å². The first kappa shape index (κ1) is 24.5. The number of carbonyl (C=O) groups is 2. The van der Waals surface area contributed by atoms with Gasteiger partial charge < -0.3 is 9.32 Å². The van der Waals surface area contributed by atoms with E-state index in [0.29, 0.717) is 35.9 Å². The molecule has 2 amide bonds. The molecule has 2 aliphatic rings. The number of hydrogen-bond donors (Lipinski definition) is 0. The Morgan fingerprint density at radius 2 is 1.97 bits per heavy atom. The summed E-state index contributed by atoms with van der Waals surface area (Å²) >= 11 is 5.90. The van der Waals surface area contributed by atoms with Gasteiger partial charge in [0, 0.05) is 32.5 Å². The van der Waals surface area contributed by atoms with Crippen molar-refractivity contribution in [1.29, 1.82) is 0 Å². The molecule has 1 saturated heterocycles. The van der Waals surface area contributed by atoms with E-state index in [4.69, 9.17) is 21.1 Å². The van der Waals surface area contributed by atoms with Gasteiger partial charge in [-0.1, -0.05) is 48.1 Å². The zero-order valence-electron chi connectivity index (χ0n) is 21.6. The number of benzene rings is 1. The van der Waals surface area contributed by atoms with E-state index in [1.807, 2.05) is 17.6 Å². The Hall–Kier alpha value is -3.86. The number of piperazine rings is 1. The highest BCUT2D eigenvalue weighted by Crippen LogP contribution is 2.36. The number of amides is 2. The molecule has 1 atom stereocenters. The van der Waals surface area contributed by atoms with Crippen LogP contribution in [0.15, 0.2) is 34.9 Å². The third-order valence-corrected chi connectivity index (χ3v) is 7.59. The van der Waals surface area contributed by atoms with Gasteiger partial charge in [-0.2, -0.15) is 4.57 Å². The van der Waals surface area contributed by atoms with Crippen molar-refractivity contribution in [3.05, 3.63) is 64.3 Å². The van der Waals surface area contributed by atoms with Crippen LogP contribution in [-0.2, 0) is 11.1 Å². The summed E-state index contributed by atoms with van der Waals surface area (Å²) in [7, 11) is 0. The van der Waals surface area contributed by atoms with Crippen LogP contribution in [0, 0.1) is 12.7 Å². The lowest BCUT2D eigenvalue weighted by Crippen LogP contribution is -2.69. The number of rotatable bonds is 2. The Morgan fingerprint density at radius 3 is 2.63 bits per heavy atom. The van der Waals surface area contributed by atoms with Crippen molar-refractivity contribution in [3.8, 4) is 11.3 Å². The Balaban J connectivity index is 1.51. The van der Waals surface area contributed by atoms with Crippen molar-refractivity contribution in [2.45, 2.75) is 45.7 Å². The third-order valence-electron chi connectivity index (χ3n) is 7.28. The minimum absolute atomic E-state index is 0.0343. The van der Waals surface area contributed by atoms with E-state index in [0.717, 1.165) is 11.2 Å². The fraction of sp³-hybridized carbons (Fsp3) is 0.385. The molecule has 0 bridgehead atoms. The molecular weight excluding hydrogens is 513 g/mol. The minimum Gasteiger partial charge on any atom is -0.417 e. The molecule has 5 heterocycles. The summed E-state index contributed by atoms with van der Waals surface area (Å²) in [5.74, 6) is -0.820. The Bertz CT molecular complexity index is 1660. The molecule has 38 heavy (non-hydrogen) atoms. The Morgan fingerprint density at radius 1 is 1.21 bits per heavy atom. The fourth-order valence-corrected chi connectivity index (χ4v) is 5.55. The first-order valence-electron chi connectivity index (χ1n) is 12.2. The average molecular weight is 539 g/mol. The largest absolute Gasteiger partial charge is 0.417 e. The molecule has 2 aliphatic heterocycles.